The number of ether oxygens (including phenoxy) is 1. The number of rotatable bonds is 6. The second kappa shape index (κ2) is 7.58. The lowest BCUT2D eigenvalue weighted by Crippen LogP contribution is -2.14. The fourth-order valence-electron chi connectivity index (χ4n) is 2.14. The van der Waals surface area contributed by atoms with E-state index in [-0.39, 0.29) is 24.2 Å². The van der Waals surface area contributed by atoms with Gasteiger partial charge in [-0.1, -0.05) is 12.1 Å². The van der Waals surface area contributed by atoms with E-state index in [9.17, 15) is 9.59 Å². The summed E-state index contributed by atoms with van der Waals surface area (Å²) in [4.78, 5) is 23.3. The summed E-state index contributed by atoms with van der Waals surface area (Å²) in [6, 6.07) is 14.4. The monoisotopic (exact) mass is 311 g/mol. The zero-order valence-corrected chi connectivity index (χ0v) is 13.6. The molecule has 4 nitrogen and oxygen atoms in total. The molecule has 0 aliphatic rings. The number of hydrogen-bond acceptors (Lipinski definition) is 3. The normalized spacial score (nSPS) is 10.4. The van der Waals surface area contributed by atoms with E-state index < -0.39 is 0 Å². The van der Waals surface area contributed by atoms with E-state index in [1.165, 1.54) is 6.92 Å². The Bertz CT molecular complexity index is 673. The van der Waals surface area contributed by atoms with Crippen LogP contribution in [0, 0.1) is 0 Å². The van der Waals surface area contributed by atoms with Crippen LogP contribution in [-0.2, 0) is 11.2 Å². The molecule has 0 radical (unpaired) electrons. The molecule has 0 atom stereocenters. The summed E-state index contributed by atoms with van der Waals surface area (Å²) in [5.74, 6) is 0.702. The second-order valence-electron chi connectivity index (χ2n) is 5.67. The molecule has 1 amide bonds. The maximum Gasteiger partial charge on any atom is 0.228 e. The van der Waals surface area contributed by atoms with Crippen LogP contribution in [0.25, 0.3) is 0 Å². The molecule has 4 heteroatoms. The quantitative estimate of drug-likeness (QED) is 0.824. The molecule has 23 heavy (non-hydrogen) atoms. The zero-order valence-electron chi connectivity index (χ0n) is 13.6. The number of carbonyl (C=O) groups is 2. The van der Waals surface area contributed by atoms with Crippen LogP contribution in [0.3, 0.4) is 0 Å². The van der Waals surface area contributed by atoms with E-state index in [4.69, 9.17) is 4.74 Å². The standard InChI is InChI=1S/C19H21NO3/c1-13(2)23-18-10-4-15(5-11-18)12-19(22)20-17-8-6-16(7-9-17)14(3)21/h4-11,13H,12H2,1-3H3,(H,20,22). The van der Waals surface area contributed by atoms with Gasteiger partial charge >= 0.3 is 0 Å². The van der Waals surface area contributed by atoms with Crippen molar-refractivity contribution in [1.29, 1.82) is 0 Å². The number of ketones is 1. The largest absolute Gasteiger partial charge is 0.491 e. The second-order valence-corrected chi connectivity index (χ2v) is 5.67. The van der Waals surface area contributed by atoms with Crippen molar-refractivity contribution < 1.29 is 14.3 Å². The van der Waals surface area contributed by atoms with E-state index >= 15 is 0 Å². The Hall–Kier alpha value is -2.62. The Kier molecular flexibility index (Phi) is 5.52. The smallest absolute Gasteiger partial charge is 0.228 e. The summed E-state index contributed by atoms with van der Waals surface area (Å²) in [5.41, 5.74) is 2.22. The van der Waals surface area contributed by atoms with Crippen molar-refractivity contribution in [3.8, 4) is 5.75 Å². The Balaban J connectivity index is 1.92. The fourth-order valence-corrected chi connectivity index (χ4v) is 2.14. The predicted octanol–water partition coefficient (Wildman–Crippen LogP) is 3.86. The number of hydrogen-bond donors (Lipinski definition) is 1. The predicted molar refractivity (Wildman–Crippen MR) is 91.0 cm³/mol. The van der Waals surface area contributed by atoms with Gasteiger partial charge in [-0.3, -0.25) is 9.59 Å². The summed E-state index contributed by atoms with van der Waals surface area (Å²) in [7, 11) is 0. The van der Waals surface area contributed by atoms with Gasteiger partial charge < -0.3 is 10.1 Å². The van der Waals surface area contributed by atoms with Gasteiger partial charge in [0.2, 0.25) is 5.91 Å². The molecular formula is C19H21NO3. The van der Waals surface area contributed by atoms with Gasteiger partial charge in [-0.15, -0.1) is 0 Å². The number of Topliss-reactive ketones (excluding diaryl/α,β-unsaturated/α-hetero) is 1. The highest BCUT2D eigenvalue weighted by molar-refractivity contribution is 5.96. The maximum atomic E-state index is 12.1. The molecule has 0 aliphatic heterocycles. The average Bonchev–Trinajstić information content (AvgIpc) is 2.49. The van der Waals surface area contributed by atoms with Crippen LogP contribution in [0.15, 0.2) is 48.5 Å². The van der Waals surface area contributed by atoms with Gasteiger partial charge in [0.1, 0.15) is 5.75 Å². The third-order valence-corrected chi connectivity index (χ3v) is 3.24. The minimum absolute atomic E-state index is 0.00610. The first-order valence-corrected chi connectivity index (χ1v) is 7.60. The van der Waals surface area contributed by atoms with Gasteiger partial charge in [0.25, 0.3) is 0 Å². The molecule has 0 fully saturated rings. The first kappa shape index (κ1) is 16.7. The summed E-state index contributed by atoms with van der Waals surface area (Å²) in [6.07, 6.45) is 0.415. The van der Waals surface area contributed by atoms with E-state index in [0.717, 1.165) is 11.3 Å². The van der Waals surface area contributed by atoms with Gasteiger partial charge in [-0.25, -0.2) is 0 Å². The van der Waals surface area contributed by atoms with Crippen molar-refractivity contribution in [3.63, 3.8) is 0 Å². The van der Waals surface area contributed by atoms with E-state index in [0.29, 0.717) is 11.3 Å². The zero-order chi connectivity index (χ0) is 16.8. The summed E-state index contributed by atoms with van der Waals surface area (Å²) in [6.45, 7) is 5.46. The van der Waals surface area contributed by atoms with Gasteiger partial charge in [-0.05, 0) is 62.7 Å². The molecule has 2 aromatic carbocycles. The van der Waals surface area contributed by atoms with Crippen molar-refractivity contribution in [2.45, 2.75) is 33.3 Å². The van der Waals surface area contributed by atoms with Crippen LogP contribution >= 0.6 is 0 Å². The molecule has 0 spiro atoms. The van der Waals surface area contributed by atoms with Gasteiger partial charge in [0, 0.05) is 11.3 Å². The first-order chi connectivity index (χ1) is 10.9. The van der Waals surface area contributed by atoms with Crippen LogP contribution in [0.1, 0.15) is 36.7 Å². The lowest BCUT2D eigenvalue weighted by Gasteiger charge is -2.10. The van der Waals surface area contributed by atoms with E-state index in [1.54, 1.807) is 24.3 Å². The van der Waals surface area contributed by atoms with Crippen molar-refractivity contribution >= 4 is 17.4 Å². The minimum atomic E-state index is -0.0990. The van der Waals surface area contributed by atoms with E-state index in [1.807, 2.05) is 38.1 Å². The van der Waals surface area contributed by atoms with Crippen molar-refractivity contribution in [2.24, 2.45) is 0 Å². The van der Waals surface area contributed by atoms with Crippen LogP contribution in [0.2, 0.25) is 0 Å². The van der Waals surface area contributed by atoms with Gasteiger partial charge in [0.15, 0.2) is 5.78 Å². The minimum Gasteiger partial charge on any atom is -0.491 e. The Morgan fingerprint density at radius 3 is 2.13 bits per heavy atom. The average molecular weight is 311 g/mol. The Morgan fingerprint density at radius 2 is 1.61 bits per heavy atom. The molecule has 1 N–H and O–H groups in total. The van der Waals surface area contributed by atoms with Crippen molar-refractivity contribution in [2.75, 3.05) is 5.32 Å². The molecule has 0 aromatic heterocycles. The SMILES string of the molecule is CC(=O)c1ccc(NC(=O)Cc2ccc(OC(C)C)cc2)cc1. The number of nitrogens with one attached hydrogen (secondary N) is 1. The molecule has 0 heterocycles. The molecule has 0 aliphatic carbocycles. The fraction of sp³-hybridized carbons (Fsp3) is 0.263. The highest BCUT2D eigenvalue weighted by atomic mass is 16.5. The number of carbonyl (C=O) groups excluding carboxylic acids is 2. The van der Waals surface area contributed by atoms with Gasteiger partial charge in [0.05, 0.1) is 12.5 Å². The molecule has 120 valence electrons. The van der Waals surface area contributed by atoms with Crippen LogP contribution in [-0.4, -0.2) is 17.8 Å². The van der Waals surface area contributed by atoms with Crippen LogP contribution in [0.5, 0.6) is 5.75 Å². The molecule has 0 unspecified atom stereocenters. The van der Waals surface area contributed by atoms with Crippen LogP contribution < -0.4 is 10.1 Å². The van der Waals surface area contributed by atoms with Gasteiger partial charge in [-0.2, -0.15) is 0 Å². The topological polar surface area (TPSA) is 55.4 Å². The molecule has 0 bridgehead atoms. The molecule has 0 saturated carbocycles. The summed E-state index contributed by atoms with van der Waals surface area (Å²) < 4.78 is 5.57. The van der Waals surface area contributed by atoms with Crippen molar-refractivity contribution in [1.82, 2.24) is 0 Å². The third-order valence-electron chi connectivity index (χ3n) is 3.24. The third kappa shape index (κ3) is 5.25. The number of anilines is 1. The first-order valence-electron chi connectivity index (χ1n) is 7.60. The molecule has 0 saturated heterocycles. The molecular weight excluding hydrogens is 290 g/mol. The van der Waals surface area contributed by atoms with Crippen LogP contribution in [0.4, 0.5) is 5.69 Å². The van der Waals surface area contributed by atoms with E-state index in [2.05, 4.69) is 5.32 Å². The lowest BCUT2D eigenvalue weighted by molar-refractivity contribution is -0.115. The summed E-state index contributed by atoms with van der Waals surface area (Å²) in [5, 5.41) is 2.82. The highest BCUT2D eigenvalue weighted by Gasteiger charge is 2.06. The Labute approximate surface area is 136 Å². The number of benzene rings is 2. The molecule has 2 rings (SSSR count). The van der Waals surface area contributed by atoms with Crippen molar-refractivity contribution in [3.05, 3.63) is 59.7 Å². The lowest BCUT2D eigenvalue weighted by atomic mass is 10.1. The highest BCUT2D eigenvalue weighted by Crippen LogP contribution is 2.15. The summed E-state index contributed by atoms with van der Waals surface area (Å²) >= 11 is 0. The number of amides is 1. The molecule has 2 aromatic rings. The Morgan fingerprint density at radius 1 is 1.00 bits per heavy atom. The maximum absolute atomic E-state index is 12.1.